The first-order chi connectivity index (χ1) is 6.52. The van der Waals surface area contributed by atoms with Crippen molar-refractivity contribution in [2.75, 3.05) is 5.43 Å². The summed E-state index contributed by atoms with van der Waals surface area (Å²) in [5.74, 6) is -4.16. The third-order valence-corrected chi connectivity index (χ3v) is 1.46. The second-order valence-corrected chi connectivity index (χ2v) is 2.78. The van der Waals surface area contributed by atoms with Crippen molar-refractivity contribution in [1.82, 2.24) is 5.43 Å². The fourth-order valence-corrected chi connectivity index (χ4v) is 0.802. The lowest BCUT2D eigenvalue weighted by molar-refractivity contribution is 0.448. The molecule has 4 N–H and O–H groups in total. The Hall–Kier alpha value is -1.50. The first-order valence-electron chi connectivity index (χ1n) is 3.47. The van der Waals surface area contributed by atoms with Gasteiger partial charge in [0.1, 0.15) is 0 Å². The summed E-state index contributed by atoms with van der Waals surface area (Å²) in [5.41, 5.74) is 9.11. The van der Waals surface area contributed by atoms with Gasteiger partial charge in [0.2, 0.25) is 0 Å². The zero-order valence-electron chi connectivity index (χ0n) is 6.77. The standard InChI is InChI=1S/C7H6F3N3S/c8-3-1-2-4(6(10)5(3)9)12-13-7(11)14/h1-2,12H,(H3,11,13,14). The molecule has 0 bridgehead atoms. The third kappa shape index (κ3) is 2.25. The van der Waals surface area contributed by atoms with Gasteiger partial charge in [-0.15, -0.1) is 0 Å². The molecule has 7 heteroatoms. The molecule has 14 heavy (non-hydrogen) atoms. The smallest absolute Gasteiger partial charge is 0.196 e. The van der Waals surface area contributed by atoms with Gasteiger partial charge in [-0.1, -0.05) is 0 Å². The molecule has 0 aromatic heterocycles. The molecule has 0 unspecified atom stereocenters. The highest BCUT2D eigenvalue weighted by atomic mass is 32.1. The van der Waals surface area contributed by atoms with Gasteiger partial charge >= 0.3 is 0 Å². The maximum atomic E-state index is 12.9. The summed E-state index contributed by atoms with van der Waals surface area (Å²) in [7, 11) is 0. The van der Waals surface area contributed by atoms with Crippen LogP contribution in [0.1, 0.15) is 0 Å². The number of rotatable bonds is 2. The molecule has 0 spiro atoms. The normalized spacial score (nSPS) is 9.64. The fourth-order valence-electron chi connectivity index (χ4n) is 0.751. The van der Waals surface area contributed by atoms with Gasteiger partial charge in [0.05, 0.1) is 5.69 Å². The molecule has 0 heterocycles. The van der Waals surface area contributed by atoms with E-state index in [9.17, 15) is 13.2 Å². The average Bonchev–Trinajstić information content (AvgIpc) is 2.13. The van der Waals surface area contributed by atoms with E-state index >= 15 is 0 Å². The Bertz CT molecular complexity index is 369. The summed E-state index contributed by atoms with van der Waals surface area (Å²) in [6, 6.07) is 1.79. The van der Waals surface area contributed by atoms with E-state index in [0.29, 0.717) is 0 Å². The molecule has 0 fully saturated rings. The summed E-state index contributed by atoms with van der Waals surface area (Å²) >= 11 is 4.41. The van der Waals surface area contributed by atoms with Crippen molar-refractivity contribution in [1.29, 1.82) is 0 Å². The first kappa shape index (κ1) is 10.6. The zero-order chi connectivity index (χ0) is 10.7. The maximum absolute atomic E-state index is 12.9. The molecular weight excluding hydrogens is 215 g/mol. The molecule has 0 saturated heterocycles. The molecule has 76 valence electrons. The number of benzene rings is 1. The Kier molecular flexibility index (Phi) is 3.13. The van der Waals surface area contributed by atoms with Crippen LogP contribution < -0.4 is 16.6 Å². The Balaban J connectivity index is 2.88. The molecule has 0 aliphatic rings. The van der Waals surface area contributed by atoms with E-state index in [2.05, 4.69) is 23.1 Å². The first-order valence-corrected chi connectivity index (χ1v) is 3.88. The predicted octanol–water partition coefficient (Wildman–Crippen LogP) is 1.26. The van der Waals surface area contributed by atoms with Crippen molar-refractivity contribution in [2.45, 2.75) is 0 Å². The molecule has 0 amide bonds. The second kappa shape index (κ2) is 4.14. The Morgan fingerprint density at radius 3 is 2.43 bits per heavy atom. The number of hydrogen-bond donors (Lipinski definition) is 3. The second-order valence-electron chi connectivity index (χ2n) is 2.34. The molecule has 0 atom stereocenters. The molecule has 0 saturated carbocycles. The molecule has 0 radical (unpaired) electrons. The number of hydrazine groups is 1. The topological polar surface area (TPSA) is 50.1 Å². The quantitative estimate of drug-likeness (QED) is 0.400. The van der Waals surface area contributed by atoms with Gasteiger partial charge in [-0.25, -0.2) is 13.2 Å². The summed E-state index contributed by atoms with van der Waals surface area (Å²) in [6.07, 6.45) is 0. The van der Waals surface area contributed by atoms with E-state index in [0.717, 1.165) is 12.1 Å². The van der Waals surface area contributed by atoms with Crippen LogP contribution in [0, 0.1) is 17.5 Å². The van der Waals surface area contributed by atoms with Gasteiger partial charge < -0.3 is 5.73 Å². The monoisotopic (exact) mass is 221 g/mol. The highest BCUT2D eigenvalue weighted by Crippen LogP contribution is 2.18. The largest absolute Gasteiger partial charge is 0.375 e. The van der Waals surface area contributed by atoms with E-state index < -0.39 is 17.5 Å². The lowest BCUT2D eigenvalue weighted by Gasteiger charge is -2.08. The number of nitrogens with one attached hydrogen (secondary N) is 2. The van der Waals surface area contributed by atoms with Crippen molar-refractivity contribution in [3.8, 4) is 0 Å². The number of thiocarbonyl (C=S) groups is 1. The van der Waals surface area contributed by atoms with Crippen LogP contribution in [0.5, 0.6) is 0 Å². The highest BCUT2D eigenvalue weighted by Gasteiger charge is 2.12. The molecule has 3 nitrogen and oxygen atoms in total. The Morgan fingerprint density at radius 2 is 1.86 bits per heavy atom. The van der Waals surface area contributed by atoms with Crippen LogP contribution in [0.25, 0.3) is 0 Å². The van der Waals surface area contributed by atoms with Gasteiger partial charge in [0, 0.05) is 0 Å². The number of hydrogen-bond acceptors (Lipinski definition) is 2. The van der Waals surface area contributed by atoms with Crippen LogP contribution in [-0.4, -0.2) is 5.11 Å². The minimum absolute atomic E-state index is 0.144. The van der Waals surface area contributed by atoms with E-state index in [1.807, 2.05) is 0 Å². The molecule has 1 aromatic rings. The van der Waals surface area contributed by atoms with Gasteiger partial charge in [0.25, 0.3) is 0 Å². The molecule has 0 aliphatic heterocycles. The van der Waals surface area contributed by atoms with E-state index in [1.165, 1.54) is 0 Å². The van der Waals surface area contributed by atoms with Gasteiger partial charge in [-0.05, 0) is 24.4 Å². The van der Waals surface area contributed by atoms with Crippen molar-refractivity contribution in [3.05, 3.63) is 29.6 Å². The Labute approximate surface area is 83.1 Å². The summed E-state index contributed by atoms with van der Waals surface area (Å²) in [5, 5.41) is -0.144. The van der Waals surface area contributed by atoms with E-state index in [1.54, 1.807) is 0 Å². The SMILES string of the molecule is NC(=S)NNc1ccc(F)c(F)c1F. The van der Waals surface area contributed by atoms with Crippen molar-refractivity contribution >= 4 is 23.0 Å². The van der Waals surface area contributed by atoms with Crippen LogP contribution in [-0.2, 0) is 0 Å². The Morgan fingerprint density at radius 1 is 1.21 bits per heavy atom. The minimum atomic E-state index is -1.56. The molecule has 0 aliphatic carbocycles. The molecular formula is C7H6F3N3S. The van der Waals surface area contributed by atoms with Crippen LogP contribution in [0.2, 0.25) is 0 Å². The minimum Gasteiger partial charge on any atom is -0.375 e. The van der Waals surface area contributed by atoms with Gasteiger partial charge in [-0.2, -0.15) is 0 Å². The van der Waals surface area contributed by atoms with Crippen LogP contribution in [0.3, 0.4) is 0 Å². The molecule has 1 rings (SSSR count). The van der Waals surface area contributed by atoms with Crippen LogP contribution in [0.15, 0.2) is 12.1 Å². The van der Waals surface area contributed by atoms with E-state index in [-0.39, 0.29) is 10.8 Å². The van der Waals surface area contributed by atoms with Crippen molar-refractivity contribution in [3.63, 3.8) is 0 Å². The zero-order valence-corrected chi connectivity index (χ0v) is 7.59. The number of nitrogens with two attached hydrogens (primary N) is 1. The van der Waals surface area contributed by atoms with Crippen LogP contribution in [0.4, 0.5) is 18.9 Å². The lowest BCUT2D eigenvalue weighted by atomic mass is 10.3. The van der Waals surface area contributed by atoms with Crippen molar-refractivity contribution in [2.24, 2.45) is 5.73 Å². The number of halogens is 3. The summed E-state index contributed by atoms with van der Waals surface area (Å²) < 4.78 is 38.0. The summed E-state index contributed by atoms with van der Waals surface area (Å²) in [6.45, 7) is 0. The van der Waals surface area contributed by atoms with E-state index in [4.69, 9.17) is 5.73 Å². The fraction of sp³-hybridized carbons (Fsp3) is 0. The van der Waals surface area contributed by atoms with Crippen LogP contribution >= 0.6 is 12.2 Å². The maximum Gasteiger partial charge on any atom is 0.196 e. The highest BCUT2D eigenvalue weighted by molar-refractivity contribution is 7.80. The van der Waals surface area contributed by atoms with Gasteiger partial charge in [-0.3, -0.25) is 10.9 Å². The van der Waals surface area contributed by atoms with Crippen molar-refractivity contribution < 1.29 is 13.2 Å². The lowest BCUT2D eigenvalue weighted by Crippen LogP contribution is -2.34. The predicted molar refractivity (Wildman–Crippen MR) is 49.9 cm³/mol. The number of anilines is 1. The third-order valence-electron chi connectivity index (χ3n) is 1.36. The summed E-state index contributed by atoms with van der Waals surface area (Å²) in [4.78, 5) is 0. The van der Waals surface area contributed by atoms with Gasteiger partial charge in [0.15, 0.2) is 22.6 Å². The molecule has 1 aromatic carbocycles. The average molecular weight is 221 g/mol.